The van der Waals surface area contributed by atoms with E-state index in [-0.39, 0.29) is 42.1 Å². The fourth-order valence-electron chi connectivity index (χ4n) is 4.35. The van der Waals surface area contributed by atoms with Crippen molar-refractivity contribution in [1.82, 2.24) is 0 Å². The number of carboxylic acid groups (broad SMARTS) is 1. The molecule has 0 saturated carbocycles. The van der Waals surface area contributed by atoms with Gasteiger partial charge in [0.15, 0.2) is 0 Å². The van der Waals surface area contributed by atoms with Crippen molar-refractivity contribution in [2.24, 2.45) is 0 Å². The van der Waals surface area contributed by atoms with Crippen LogP contribution in [0.1, 0.15) is 134 Å². The molecule has 188 valence electrons. The van der Waals surface area contributed by atoms with E-state index in [2.05, 4.69) is 37.8 Å². The van der Waals surface area contributed by atoms with Gasteiger partial charge in [-0.2, -0.15) is 0 Å². The van der Waals surface area contributed by atoms with Gasteiger partial charge < -0.3 is 14.6 Å². The van der Waals surface area contributed by atoms with Crippen LogP contribution >= 0.6 is 0 Å². The molecule has 1 unspecified atom stereocenters. The molecule has 1 atom stereocenters. The van der Waals surface area contributed by atoms with Crippen molar-refractivity contribution in [2.45, 2.75) is 135 Å². The van der Waals surface area contributed by atoms with Crippen molar-refractivity contribution in [1.29, 1.82) is 0 Å². The number of carbonyl (C=O) groups excluding carboxylic acids is 1. The average molecular weight is 481 g/mol. The molecule has 1 aromatic carbocycles. The van der Waals surface area contributed by atoms with Crippen molar-refractivity contribution in [2.75, 3.05) is 0 Å². The van der Waals surface area contributed by atoms with Crippen molar-refractivity contribution < 1.29 is 44.2 Å². The number of ether oxygens (including phenoxy) is 1. The summed E-state index contributed by atoms with van der Waals surface area (Å²) in [6.07, 6.45) is 24.5. The van der Waals surface area contributed by atoms with E-state index < -0.39 is 5.97 Å². The molecule has 0 radical (unpaired) electrons. The minimum atomic E-state index is -0.928. The molecule has 0 amide bonds. The number of hydrogen-bond donors (Lipinski definition) is 0. The second kappa shape index (κ2) is 23.9. The van der Waals surface area contributed by atoms with Gasteiger partial charge in [-0.25, -0.2) is 0 Å². The minimum absolute atomic E-state index is 0. The molecule has 0 bridgehead atoms. The first-order valence-corrected chi connectivity index (χ1v) is 13.7. The van der Waals surface area contributed by atoms with E-state index >= 15 is 0 Å². The van der Waals surface area contributed by atoms with E-state index in [4.69, 9.17) is 4.74 Å². The molecule has 0 aliphatic rings. The molecule has 4 heteroatoms. The maximum atomic E-state index is 10.5. The Hall–Kier alpha value is -0.770. The fraction of sp³-hybridized carbons (Fsp3) is 0.700. The van der Waals surface area contributed by atoms with Crippen molar-refractivity contribution in [3.8, 4) is 5.75 Å². The van der Waals surface area contributed by atoms with E-state index in [0.29, 0.717) is 0 Å². The number of carbonyl (C=O) groups is 1. The Kier molecular flexibility index (Phi) is 23.4. The first-order valence-electron chi connectivity index (χ1n) is 13.7. The van der Waals surface area contributed by atoms with Crippen LogP contribution in [0.2, 0.25) is 0 Å². The van der Waals surface area contributed by atoms with Crippen LogP contribution < -0.4 is 39.4 Å². The van der Waals surface area contributed by atoms with Gasteiger partial charge in [0.05, 0.1) is 6.10 Å². The minimum Gasteiger partial charge on any atom is -0.550 e. The molecular formula is C30H49NaO3. The third-order valence-corrected chi connectivity index (χ3v) is 6.46. The Labute approximate surface area is 232 Å². The van der Waals surface area contributed by atoms with Crippen LogP contribution in [0, 0.1) is 0 Å². The van der Waals surface area contributed by atoms with Crippen LogP contribution in [0.15, 0.2) is 30.8 Å². The van der Waals surface area contributed by atoms with Crippen LogP contribution in [-0.4, -0.2) is 12.1 Å². The average Bonchev–Trinajstić information content (AvgIpc) is 2.82. The normalized spacial score (nSPS) is 11.6. The van der Waals surface area contributed by atoms with E-state index in [9.17, 15) is 9.90 Å². The number of aliphatic carboxylic acids is 1. The number of benzene rings is 1. The standard InChI is InChI=1S/C30H50O3.Na/c1-3-5-6-7-8-9-10-11-14-17-20-28(33-29-25-23-27(4-2)24-26-29)21-18-15-12-13-16-19-22-30(31)32;/h4,23-26,28H,2-3,5-22H2,1H3,(H,31,32);/q;+1/p-1. The Morgan fingerprint density at radius 3 is 1.68 bits per heavy atom. The van der Waals surface area contributed by atoms with E-state index in [0.717, 1.165) is 43.4 Å². The summed E-state index contributed by atoms with van der Waals surface area (Å²) in [7, 11) is 0. The van der Waals surface area contributed by atoms with Crippen LogP contribution in [0.25, 0.3) is 6.08 Å². The second-order valence-electron chi connectivity index (χ2n) is 9.52. The maximum absolute atomic E-state index is 10.5. The zero-order valence-corrected chi connectivity index (χ0v) is 24.3. The molecule has 0 heterocycles. The number of hydrogen-bond acceptors (Lipinski definition) is 3. The van der Waals surface area contributed by atoms with E-state index in [1.54, 1.807) is 0 Å². The van der Waals surface area contributed by atoms with Crippen LogP contribution in [0.4, 0.5) is 0 Å². The first-order chi connectivity index (χ1) is 16.2. The van der Waals surface area contributed by atoms with Crippen molar-refractivity contribution in [3.63, 3.8) is 0 Å². The predicted octanol–water partition coefficient (Wildman–Crippen LogP) is 5.26. The smallest absolute Gasteiger partial charge is 0.550 e. The topological polar surface area (TPSA) is 49.4 Å². The van der Waals surface area contributed by atoms with Crippen molar-refractivity contribution >= 4 is 12.0 Å². The summed E-state index contributed by atoms with van der Waals surface area (Å²) in [6.45, 7) is 6.10. The third-order valence-electron chi connectivity index (χ3n) is 6.46. The zero-order chi connectivity index (χ0) is 24.0. The summed E-state index contributed by atoms with van der Waals surface area (Å²) < 4.78 is 6.36. The molecule has 0 saturated heterocycles. The number of carboxylic acids is 1. The second-order valence-corrected chi connectivity index (χ2v) is 9.52. The summed E-state index contributed by atoms with van der Waals surface area (Å²) >= 11 is 0. The molecule has 3 nitrogen and oxygen atoms in total. The van der Waals surface area contributed by atoms with Gasteiger partial charge in [-0.3, -0.25) is 0 Å². The first kappa shape index (κ1) is 33.2. The third kappa shape index (κ3) is 19.5. The summed E-state index contributed by atoms with van der Waals surface area (Å²) in [5.74, 6) is 0.0306. The SMILES string of the molecule is C=Cc1ccc(OC(CCCCCCCCCCCC)CCCCCCCCC(=O)[O-])cc1.[Na+]. The molecule has 0 fully saturated rings. The van der Waals surface area contributed by atoms with Gasteiger partial charge >= 0.3 is 29.6 Å². The van der Waals surface area contributed by atoms with Gasteiger partial charge in [0.25, 0.3) is 0 Å². The summed E-state index contributed by atoms with van der Waals surface area (Å²) in [4.78, 5) is 10.5. The molecule has 0 N–H and O–H groups in total. The molecule has 1 aromatic rings. The molecule has 1 rings (SSSR count). The largest absolute Gasteiger partial charge is 1.00 e. The van der Waals surface area contributed by atoms with Gasteiger partial charge in [-0.15, -0.1) is 0 Å². The number of rotatable bonds is 23. The van der Waals surface area contributed by atoms with Crippen LogP contribution in [0.3, 0.4) is 0 Å². The molecule has 0 aliphatic heterocycles. The quantitative estimate of drug-likeness (QED) is 0.159. The van der Waals surface area contributed by atoms with Gasteiger partial charge in [-0.1, -0.05) is 115 Å². The Morgan fingerprint density at radius 1 is 0.794 bits per heavy atom. The van der Waals surface area contributed by atoms with Gasteiger partial charge in [-0.05, 0) is 56.2 Å². The van der Waals surface area contributed by atoms with Gasteiger partial charge in [0.1, 0.15) is 5.75 Å². The fourth-order valence-corrected chi connectivity index (χ4v) is 4.35. The van der Waals surface area contributed by atoms with E-state index in [1.165, 1.54) is 83.5 Å². The van der Waals surface area contributed by atoms with Crippen LogP contribution in [0.5, 0.6) is 5.75 Å². The Balaban J connectivity index is 0.0000109. The summed E-state index contributed by atoms with van der Waals surface area (Å²) in [6, 6.07) is 8.23. The summed E-state index contributed by atoms with van der Waals surface area (Å²) in [5, 5.41) is 10.5. The summed E-state index contributed by atoms with van der Waals surface area (Å²) in [5.41, 5.74) is 1.12. The Morgan fingerprint density at radius 2 is 1.24 bits per heavy atom. The van der Waals surface area contributed by atoms with E-state index in [1.807, 2.05) is 6.08 Å². The monoisotopic (exact) mass is 480 g/mol. The maximum Gasteiger partial charge on any atom is 1.00 e. The van der Waals surface area contributed by atoms with Gasteiger partial charge in [0, 0.05) is 5.97 Å². The molecule has 0 aliphatic carbocycles. The Bertz CT molecular complexity index is 600. The van der Waals surface area contributed by atoms with Crippen LogP contribution in [-0.2, 0) is 4.79 Å². The predicted molar refractivity (Wildman–Crippen MR) is 139 cm³/mol. The molecule has 34 heavy (non-hydrogen) atoms. The molecular weight excluding hydrogens is 431 g/mol. The zero-order valence-electron chi connectivity index (χ0n) is 22.3. The van der Waals surface area contributed by atoms with Crippen molar-refractivity contribution in [3.05, 3.63) is 36.4 Å². The number of unbranched alkanes of at least 4 members (excludes halogenated alkanes) is 14. The molecule has 0 aromatic heterocycles. The molecule has 0 spiro atoms. The van der Waals surface area contributed by atoms with Gasteiger partial charge in [0.2, 0.25) is 0 Å².